The maximum atomic E-state index is 12.4. The molecule has 3 rings (SSSR count). The topological polar surface area (TPSA) is 69.7 Å². The Labute approximate surface area is 143 Å². The van der Waals surface area contributed by atoms with Gasteiger partial charge in [-0.05, 0) is 24.5 Å². The summed E-state index contributed by atoms with van der Waals surface area (Å²) in [4.78, 5) is 13.8. The molecule has 1 saturated heterocycles. The first-order valence-electron chi connectivity index (χ1n) is 8.28. The number of nitrogens with zero attached hydrogens (tertiary/aromatic N) is 2. The molecular weight excluding hydrogens is 326 g/mol. The lowest BCUT2D eigenvalue weighted by atomic mass is 10.2. The van der Waals surface area contributed by atoms with Crippen molar-refractivity contribution in [2.75, 3.05) is 32.7 Å². The fourth-order valence-electron chi connectivity index (χ4n) is 2.66. The molecule has 1 heterocycles. The van der Waals surface area contributed by atoms with Gasteiger partial charge in [0.2, 0.25) is 15.9 Å². The molecule has 24 heavy (non-hydrogen) atoms. The van der Waals surface area contributed by atoms with Crippen LogP contribution in [0.1, 0.15) is 18.4 Å². The second-order valence-electron chi connectivity index (χ2n) is 6.28. The summed E-state index contributed by atoms with van der Waals surface area (Å²) in [6.45, 7) is 2.34. The van der Waals surface area contributed by atoms with Crippen LogP contribution in [-0.4, -0.2) is 62.3 Å². The third kappa shape index (κ3) is 4.90. The second kappa shape index (κ2) is 7.46. The molecule has 1 aliphatic heterocycles. The van der Waals surface area contributed by atoms with Crippen LogP contribution >= 0.6 is 0 Å². The molecule has 0 unspecified atom stereocenters. The minimum absolute atomic E-state index is 0.0396. The largest absolute Gasteiger partial charge is 0.352 e. The first kappa shape index (κ1) is 17.1. The summed E-state index contributed by atoms with van der Waals surface area (Å²) < 4.78 is 26.2. The number of piperazine rings is 1. The average Bonchev–Trinajstić information content (AvgIpc) is 3.38. The fraction of sp³-hybridized carbons (Fsp3) is 0.471. The van der Waals surface area contributed by atoms with Crippen molar-refractivity contribution in [2.45, 2.75) is 18.9 Å². The van der Waals surface area contributed by atoms with E-state index in [0.29, 0.717) is 38.8 Å². The normalized spacial score (nSPS) is 20.3. The van der Waals surface area contributed by atoms with Crippen LogP contribution in [0.15, 0.2) is 35.7 Å². The molecule has 6 nitrogen and oxygen atoms in total. The van der Waals surface area contributed by atoms with Crippen LogP contribution in [0.4, 0.5) is 0 Å². The van der Waals surface area contributed by atoms with Crippen LogP contribution < -0.4 is 5.32 Å². The Hall–Kier alpha value is -1.70. The van der Waals surface area contributed by atoms with Crippen molar-refractivity contribution in [2.24, 2.45) is 0 Å². The lowest BCUT2D eigenvalue weighted by Crippen LogP contribution is -2.50. The number of rotatable bonds is 6. The minimum atomic E-state index is -3.42. The molecule has 2 aliphatic rings. The number of amides is 1. The van der Waals surface area contributed by atoms with E-state index in [2.05, 4.69) is 5.32 Å². The molecule has 0 aromatic heterocycles. The number of hydrogen-bond donors (Lipinski definition) is 1. The Morgan fingerprint density at radius 3 is 2.42 bits per heavy atom. The third-order valence-corrected chi connectivity index (χ3v) is 5.80. The molecule has 1 saturated carbocycles. The van der Waals surface area contributed by atoms with Gasteiger partial charge in [0.25, 0.3) is 0 Å². The zero-order valence-electron chi connectivity index (χ0n) is 13.6. The summed E-state index contributed by atoms with van der Waals surface area (Å²) in [6, 6.07) is 9.73. The van der Waals surface area contributed by atoms with E-state index in [4.69, 9.17) is 0 Å². The maximum Gasteiger partial charge on any atom is 0.236 e. The molecule has 1 aliphatic carbocycles. The molecule has 7 heteroatoms. The Morgan fingerprint density at radius 1 is 1.12 bits per heavy atom. The third-order valence-electron chi connectivity index (χ3n) is 4.23. The lowest BCUT2D eigenvalue weighted by molar-refractivity contribution is -0.122. The van der Waals surface area contributed by atoms with Gasteiger partial charge in [0.15, 0.2) is 0 Å². The van der Waals surface area contributed by atoms with Crippen LogP contribution in [0.3, 0.4) is 0 Å². The highest BCUT2D eigenvalue weighted by Gasteiger charge is 2.28. The Balaban J connectivity index is 1.49. The Kier molecular flexibility index (Phi) is 5.33. The number of hydrogen-bond acceptors (Lipinski definition) is 4. The predicted molar refractivity (Wildman–Crippen MR) is 93.6 cm³/mol. The van der Waals surface area contributed by atoms with Crippen molar-refractivity contribution >= 4 is 22.0 Å². The van der Waals surface area contributed by atoms with Crippen LogP contribution in [0.5, 0.6) is 0 Å². The van der Waals surface area contributed by atoms with E-state index in [0.717, 1.165) is 18.4 Å². The molecular formula is C17H23N3O3S. The summed E-state index contributed by atoms with van der Waals surface area (Å²) in [5, 5.41) is 4.22. The van der Waals surface area contributed by atoms with E-state index in [1.807, 2.05) is 35.2 Å². The zero-order valence-corrected chi connectivity index (χ0v) is 14.4. The smallest absolute Gasteiger partial charge is 0.236 e. The summed E-state index contributed by atoms with van der Waals surface area (Å²) >= 11 is 0. The summed E-state index contributed by atoms with van der Waals surface area (Å²) in [5.41, 5.74) is 0.858. The van der Waals surface area contributed by atoms with Crippen molar-refractivity contribution in [1.29, 1.82) is 0 Å². The van der Waals surface area contributed by atoms with Crippen LogP contribution in [-0.2, 0) is 14.8 Å². The Bertz CT molecular complexity index is 691. The molecule has 0 bridgehead atoms. The van der Waals surface area contributed by atoms with E-state index >= 15 is 0 Å². The van der Waals surface area contributed by atoms with Gasteiger partial charge in [0, 0.05) is 37.6 Å². The van der Waals surface area contributed by atoms with Gasteiger partial charge < -0.3 is 5.32 Å². The quantitative estimate of drug-likeness (QED) is 0.828. The van der Waals surface area contributed by atoms with Crippen molar-refractivity contribution in [3.8, 4) is 0 Å². The van der Waals surface area contributed by atoms with Crippen LogP contribution in [0.25, 0.3) is 6.08 Å². The number of benzene rings is 1. The molecule has 130 valence electrons. The maximum absolute atomic E-state index is 12.4. The molecule has 0 radical (unpaired) electrons. The standard InChI is InChI=1S/C17H23N3O3S/c21-17(18-16-6-7-16)14-19-9-11-20(12-10-19)24(22,23)13-8-15-4-2-1-3-5-15/h1-5,8,13,16H,6-7,9-12,14H2,(H,18,21)/b13-8+. The Morgan fingerprint density at radius 2 is 1.79 bits per heavy atom. The van der Waals surface area contributed by atoms with Gasteiger partial charge >= 0.3 is 0 Å². The van der Waals surface area contributed by atoms with Crippen molar-refractivity contribution in [3.63, 3.8) is 0 Å². The molecule has 1 N–H and O–H groups in total. The average molecular weight is 349 g/mol. The SMILES string of the molecule is O=C(CN1CCN(S(=O)(=O)/C=C/c2ccccc2)CC1)NC1CC1. The van der Waals surface area contributed by atoms with Crippen molar-refractivity contribution in [3.05, 3.63) is 41.3 Å². The predicted octanol–water partition coefficient (Wildman–Crippen LogP) is 0.883. The monoisotopic (exact) mass is 349 g/mol. The van der Waals surface area contributed by atoms with E-state index in [-0.39, 0.29) is 5.91 Å². The van der Waals surface area contributed by atoms with Crippen LogP contribution in [0, 0.1) is 0 Å². The van der Waals surface area contributed by atoms with E-state index in [9.17, 15) is 13.2 Å². The highest BCUT2D eigenvalue weighted by molar-refractivity contribution is 7.92. The van der Waals surface area contributed by atoms with Gasteiger partial charge in [-0.25, -0.2) is 8.42 Å². The zero-order chi connectivity index (χ0) is 17.0. The molecule has 0 spiro atoms. The van der Waals surface area contributed by atoms with Gasteiger partial charge in [-0.3, -0.25) is 9.69 Å². The number of carbonyl (C=O) groups excluding carboxylic acids is 1. The van der Waals surface area contributed by atoms with E-state index in [1.54, 1.807) is 6.08 Å². The highest BCUT2D eigenvalue weighted by Crippen LogP contribution is 2.18. The fourth-order valence-corrected chi connectivity index (χ4v) is 3.83. The summed E-state index contributed by atoms with van der Waals surface area (Å²) in [7, 11) is -3.42. The summed E-state index contributed by atoms with van der Waals surface area (Å²) in [5.74, 6) is 0.0396. The number of carbonyl (C=O) groups is 1. The molecule has 1 aromatic carbocycles. The van der Waals surface area contributed by atoms with Crippen molar-refractivity contribution < 1.29 is 13.2 Å². The molecule has 2 fully saturated rings. The number of sulfonamides is 1. The van der Waals surface area contributed by atoms with Gasteiger partial charge in [-0.1, -0.05) is 30.3 Å². The second-order valence-corrected chi connectivity index (χ2v) is 8.09. The first-order valence-corrected chi connectivity index (χ1v) is 9.78. The minimum Gasteiger partial charge on any atom is -0.352 e. The van der Waals surface area contributed by atoms with Gasteiger partial charge in [0.1, 0.15) is 0 Å². The summed E-state index contributed by atoms with van der Waals surface area (Å²) in [6.07, 6.45) is 3.77. The lowest BCUT2D eigenvalue weighted by Gasteiger charge is -2.32. The molecule has 1 amide bonds. The first-order chi connectivity index (χ1) is 11.5. The molecule has 1 aromatic rings. The van der Waals surface area contributed by atoms with Crippen LogP contribution in [0.2, 0.25) is 0 Å². The molecule has 0 atom stereocenters. The van der Waals surface area contributed by atoms with Crippen molar-refractivity contribution in [1.82, 2.24) is 14.5 Å². The van der Waals surface area contributed by atoms with Gasteiger partial charge in [-0.2, -0.15) is 4.31 Å². The van der Waals surface area contributed by atoms with Gasteiger partial charge in [-0.15, -0.1) is 0 Å². The number of nitrogens with one attached hydrogen (secondary N) is 1. The van der Waals surface area contributed by atoms with E-state index < -0.39 is 10.0 Å². The van der Waals surface area contributed by atoms with Gasteiger partial charge in [0.05, 0.1) is 6.54 Å². The highest BCUT2D eigenvalue weighted by atomic mass is 32.2. The van der Waals surface area contributed by atoms with E-state index in [1.165, 1.54) is 9.71 Å².